The van der Waals surface area contributed by atoms with Crippen LogP contribution in [-0.2, 0) is 0 Å². The smallest absolute Gasteiger partial charge is 0.122 e. The molecule has 1 aliphatic heterocycles. The van der Waals surface area contributed by atoms with Crippen LogP contribution in [0.5, 0.6) is 5.75 Å². The molecule has 2 N–H and O–H groups in total. The molecule has 3 atom stereocenters. The van der Waals surface area contributed by atoms with Crippen LogP contribution in [0.25, 0.3) is 0 Å². The van der Waals surface area contributed by atoms with E-state index in [2.05, 4.69) is 38.1 Å². The predicted molar refractivity (Wildman–Crippen MR) is 87.6 cm³/mol. The van der Waals surface area contributed by atoms with Gasteiger partial charge in [-0.1, -0.05) is 32.0 Å². The fourth-order valence-corrected chi connectivity index (χ4v) is 4.40. The Morgan fingerprint density at radius 1 is 1.19 bits per heavy atom. The SMILES string of the molecule is CC1(C)CCC(CN)C(CC2CCOc3ccccc32)C1. The summed E-state index contributed by atoms with van der Waals surface area (Å²) in [7, 11) is 0. The highest BCUT2D eigenvalue weighted by molar-refractivity contribution is 5.37. The van der Waals surface area contributed by atoms with Crippen LogP contribution in [0.4, 0.5) is 0 Å². The van der Waals surface area contributed by atoms with Gasteiger partial charge >= 0.3 is 0 Å². The van der Waals surface area contributed by atoms with Crippen molar-refractivity contribution >= 4 is 0 Å². The van der Waals surface area contributed by atoms with Crippen LogP contribution < -0.4 is 10.5 Å². The Bertz CT molecular complexity index is 482. The van der Waals surface area contributed by atoms with Gasteiger partial charge in [0, 0.05) is 0 Å². The van der Waals surface area contributed by atoms with Crippen LogP contribution in [0, 0.1) is 17.3 Å². The van der Waals surface area contributed by atoms with Gasteiger partial charge in [-0.05, 0) is 73.4 Å². The maximum absolute atomic E-state index is 6.06. The number of nitrogens with two attached hydrogens (primary N) is 1. The zero-order chi connectivity index (χ0) is 14.9. The molecule has 0 radical (unpaired) electrons. The molecule has 1 aliphatic carbocycles. The van der Waals surface area contributed by atoms with Crippen LogP contribution in [-0.4, -0.2) is 13.2 Å². The van der Waals surface area contributed by atoms with Gasteiger partial charge in [0.15, 0.2) is 0 Å². The average molecular weight is 287 g/mol. The zero-order valence-corrected chi connectivity index (χ0v) is 13.5. The van der Waals surface area contributed by atoms with Gasteiger partial charge in [-0.3, -0.25) is 0 Å². The number of hydrogen-bond donors (Lipinski definition) is 1. The van der Waals surface area contributed by atoms with E-state index >= 15 is 0 Å². The first-order chi connectivity index (χ1) is 10.1. The molecule has 3 rings (SSSR count). The van der Waals surface area contributed by atoms with E-state index in [1.807, 2.05) is 0 Å². The molecule has 0 amide bonds. The fraction of sp³-hybridized carbons (Fsp3) is 0.684. The van der Waals surface area contributed by atoms with Crippen molar-refractivity contribution in [3.8, 4) is 5.75 Å². The molecule has 21 heavy (non-hydrogen) atoms. The third kappa shape index (κ3) is 3.26. The Morgan fingerprint density at radius 2 is 2.00 bits per heavy atom. The van der Waals surface area contributed by atoms with Gasteiger partial charge in [0.25, 0.3) is 0 Å². The molecule has 2 nitrogen and oxygen atoms in total. The minimum Gasteiger partial charge on any atom is -0.493 e. The number of rotatable bonds is 3. The van der Waals surface area contributed by atoms with Crippen molar-refractivity contribution in [3.05, 3.63) is 29.8 Å². The first-order valence-corrected chi connectivity index (χ1v) is 8.51. The van der Waals surface area contributed by atoms with Crippen LogP contribution in [0.15, 0.2) is 24.3 Å². The summed E-state index contributed by atoms with van der Waals surface area (Å²) in [6, 6.07) is 8.59. The third-order valence-corrected chi connectivity index (χ3v) is 5.65. The first-order valence-electron chi connectivity index (χ1n) is 8.51. The highest BCUT2D eigenvalue weighted by Gasteiger charge is 2.36. The largest absolute Gasteiger partial charge is 0.493 e. The summed E-state index contributed by atoms with van der Waals surface area (Å²) in [6.07, 6.45) is 6.40. The first kappa shape index (κ1) is 14.9. The second-order valence-electron chi connectivity index (χ2n) is 7.77. The molecule has 0 saturated heterocycles. The van der Waals surface area contributed by atoms with Gasteiger partial charge in [0.05, 0.1) is 6.61 Å². The summed E-state index contributed by atoms with van der Waals surface area (Å²) in [4.78, 5) is 0. The molecule has 1 saturated carbocycles. The highest BCUT2D eigenvalue weighted by atomic mass is 16.5. The Labute approximate surface area is 129 Å². The van der Waals surface area contributed by atoms with Crippen molar-refractivity contribution < 1.29 is 4.74 Å². The quantitative estimate of drug-likeness (QED) is 0.897. The van der Waals surface area contributed by atoms with E-state index in [4.69, 9.17) is 10.5 Å². The van der Waals surface area contributed by atoms with Crippen LogP contribution in [0.3, 0.4) is 0 Å². The Morgan fingerprint density at radius 3 is 2.81 bits per heavy atom. The second-order valence-corrected chi connectivity index (χ2v) is 7.77. The highest BCUT2D eigenvalue weighted by Crippen LogP contribution is 2.47. The molecule has 116 valence electrons. The Kier molecular flexibility index (Phi) is 4.26. The fourth-order valence-electron chi connectivity index (χ4n) is 4.40. The van der Waals surface area contributed by atoms with Crippen molar-refractivity contribution in [2.75, 3.05) is 13.2 Å². The standard InChI is InChI=1S/C19H29NO/c1-19(2)9-7-15(13-20)16(12-19)11-14-8-10-21-18-6-4-3-5-17(14)18/h3-6,14-16H,7-13,20H2,1-2H3. The van der Waals surface area contributed by atoms with Gasteiger partial charge in [-0.25, -0.2) is 0 Å². The van der Waals surface area contributed by atoms with E-state index in [0.29, 0.717) is 17.3 Å². The summed E-state index contributed by atoms with van der Waals surface area (Å²) in [5.41, 5.74) is 7.96. The van der Waals surface area contributed by atoms with Crippen LogP contribution >= 0.6 is 0 Å². The van der Waals surface area contributed by atoms with Crippen molar-refractivity contribution in [2.45, 2.75) is 51.9 Å². The maximum Gasteiger partial charge on any atom is 0.122 e. The van der Waals surface area contributed by atoms with Gasteiger partial charge in [-0.2, -0.15) is 0 Å². The van der Waals surface area contributed by atoms with Crippen molar-refractivity contribution in [3.63, 3.8) is 0 Å². The van der Waals surface area contributed by atoms with E-state index in [1.54, 1.807) is 0 Å². The Balaban J connectivity index is 1.76. The monoisotopic (exact) mass is 287 g/mol. The number of para-hydroxylation sites is 1. The van der Waals surface area contributed by atoms with Gasteiger partial charge in [0.1, 0.15) is 5.75 Å². The molecule has 1 heterocycles. The predicted octanol–water partition coefficient (Wildman–Crippen LogP) is 4.34. The van der Waals surface area contributed by atoms with Gasteiger partial charge in [0.2, 0.25) is 0 Å². The van der Waals surface area contributed by atoms with Crippen molar-refractivity contribution in [1.29, 1.82) is 0 Å². The number of fused-ring (bicyclic) bond motifs is 1. The van der Waals surface area contributed by atoms with Gasteiger partial charge in [-0.15, -0.1) is 0 Å². The number of benzene rings is 1. The van der Waals surface area contributed by atoms with E-state index < -0.39 is 0 Å². The lowest BCUT2D eigenvalue weighted by molar-refractivity contribution is 0.104. The lowest BCUT2D eigenvalue weighted by atomic mass is 9.64. The van der Waals surface area contributed by atoms with Crippen LogP contribution in [0.1, 0.15) is 57.4 Å². The molecule has 1 aromatic rings. The molecular formula is C19H29NO. The zero-order valence-electron chi connectivity index (χ0n) is 13.5. The van der Waals surface area contributed by atoms with E-state index in [-0.39, 0.29) is 0 Å². The molecule has 0 bridgehead atoms. The Hall–Kier alpha value is -1.02. The van der Waals surface area contributed by atoms with E-state index in [1.165, 1.54) is 31.2 Å². The van der Waals surface area contributed by atoms with Crippen molar-refractivity contribution in [1.82, 2.24) is 0 Å². The normalized spacial score (nSPS) is 31.3. The third-order valence-electron chi connectivity index (χ3n) is 5.65. The minimum absolute atomic E-state index is 0.487. The van der Waals surface area contributed by atoms with Gasteiger partial charge < -0.3 is 10.5 Å². The van der Waals surface area contributed by atoms with Crippen LogP contribution in [0.2, 0.25) is 0 Å². The summed E-state index contributed by atoms with van der Waals surface area (Å²) in [6.45, 7) is 6.56. The second kappa shape index (κ2) is 6.00. The van der Waals surface area contributed by atoms with E-state index in [9.17, 15) is 0 Å². The molecule has 3 unspecified atom stereocenters. The summed E-state index contributed by atoms with van der Waals surface area (Å²) < 4.78 is 5.81. The molecule has 1 fully saturated rings. The molecule has 2 aliphatic rings. The maximum atomic E-state index is 6.06. The summed E-state index contributed by atoms with van der Waals surface area (Å²) in [5, 5.41) is 0. The summed E-state index contributed by atoms with van der Waals surface area (Å²) >= 11 is 0. The molecule has 1 aromatic carbocycles. The minimum atomic E-state index is 0.487. The lowest BCUT2D eigenvalue weighted by Crippen LogP contribution is -2.35. The number of hydrogen-bond acceptors (Lipinski definition) is 2. The van der Waals surface area contributed by atoms with Crippen molar-refractivity contribution in [2.24, 2.45) is 23.0 Å². The number of ether oxygens (including phenoxy) is 1. The average Bonchev–Trinajstić information content (AvgIpc) is 2.47. The molecular weight excluding hydrogens is 258 g/mol. The summed E-state index contributed by atoms with van der Waals surface area (Å²) in [5.74, 6) is 3.25. The molecule has 2 heteroatoms. The van der Waals surface area contributed by atoms with E-state index in [0.717, 1.165) is 31.2 Å². The molecule has 0 spiro atoms. The topological polar surface area (TPSA) is 35.2 Å². The molecule has 0 aromatic heterocycles. The lowest BCUT2D eigenvalue weighted by Gasteiger charge is -2.42.